The molecule has 1 aliphatic rings. The minimum Gasteiger partial charge on any atom is -0.494 e. The second-order valence-electron chi connectivity index (χ2n) is 5.63. The summed E-state index contributed by atoms with van der Waals surface area (Å²) in [5, 5.41) is 30.1. The van der Waals surface area contributed by atoms with Crippen LogP contribution in [0.4, 0.5) is 22.7 Å². The average Bonchev–Trinajstić information content (AvgIpc) is 3.05. The highest BCUT2D eigenvalue weighted by molar-refractivity contribution is 6.04. The molecule has 0 radical (unpaired) electrons. The summed E-state index contributed by atoms with van der Waals surface area (Å²) in [5.74, 6) is -0.528. The van der Waals surface area contributed by atoms with Crippen molar-refractivity contribution in [3.05, 3.63) is 74.2 Å². The fraction of sp³-hybridized carbons (Fsp3) is 0.118. The molecule has 3 rings (SSSR count). The Morgan fingerprint density at radius 1 is 1.07 bits per heavy atom. The van der Waals surface area contributed by atoms with Crippen molar-refractivity contribution in [3.8, 4) is 5.75 Å². The van der Waals surface area contributed by atoms with Gasteiger partial charge in [-0.25, -0.2) is 0 Å². The van der Waals surface area contributed by atoms with Crippen LogP contribution in [0.2, 0.25) is 0 Å². The number of nitro benzene ring substituents is 1. The van der Waals surface area contributed by atoms with Crippen LogP contribution in [0.3, 0.4) is 0 Å². The van der Waals surface area contributed by atoms with Crippen LogP contribution in [-0.2, 0) is 4.79 Å². The van der Waals surface area contributed by atoms with Crippen molar-refractivity contribution in [1.29, 1.82) is 0 Å². The highest BCUT2D eigenvalue weighted by Crippen LogP contribution is 2.34. The summed E-state index contributed by atoms with van der Waals surface area (Å²) in [6.45, 7) is 2.32. The van der Waals surface area contributed by atoms with Gasteiger partial charge in [-0.2, -0.15) is 0 Å². The monoisotopic (exact) mass is 385 g/mol. The molecule has 0 saturated carbocycles. The molecule has 2 aromatic carbocycles. The topological polar surface area (TPSA) is 149 Å². The van der Waals surface area contributed by atoms with Gasteiger partial charge < -0.3 is 20.7 Å². The van der Waals surface area contributed by atoms with E-state index in [1.165, 1.54) is 18.2 Å². The Balaban J connectivity index is 1.83. The van der Waals surface area contributed by atoms with Crippen molar-refractivity contribution in [3.63, 3.8) is 0 Å². The van der Waals surface area contributed by atoms with Gasteiger partial charge in [-0.1, -0.05) is 0 Å². The van der Waals surface area contributed by atoms with Crippen molar-refractivity contribution in [2.24, 2.45) is 0 Å². The predicted octanol–water partition coefficient (Wildman–Crippen LogP) is 2.92. The van der Waals surface area contributed by atoms with Crippen LogP contribution in [0.15, 0.2) is 54.0 Å². The number of fused-ring (bicyclic) bond motifs is 1. The summed E-state index contributed by atoms with van der Waals surface area (Å²) in [5.41, 5.74) is 0.0503. The molecular weight excluding hydrogens is 370 g/mol. The summed E-state index contributed by atoms with van der Waals surface area (Å²) >= 11 is 0. The number of carbonyl (C=O) groups is 1. The van der Waals surface area contributed by atoms with E-state index in [0.29, 0.717) is 23.7 Å². The molecule has 0 saturated heterocycles. The van der Waals surface area contributed by atoms with Crippen LogP contribution in [0.1, 0.15) is 6.92 Å². The molecule has 3 N–H and O–H groups in total. The lowest BCUT2D eigenvalue weighted by Crippen LogP contribution is -2.24. The molecule has 11 heteroatoms. The van der Waals surface area contributed by atoms with E-state index in [1.807, 2.05) is 6.92 Å². The number of amides is 1. The highest BCUT2D eigenvalue weighted by Gasteiger charge is 2.32. The Morgan fingerprint density at radius 2 is 1.75 bits per heavy atom. The standard InChI is InChI=1S/C17H15N5O6/c1-2-28-12-6-3-10(4-7-12)18-17(23)15(22(26)27)16-19-13-8-5-11(21(24)25)9-14(13)20-16/h3-9,19-20H,2H2,1H3,(H,18,23)/b16-15-. The maximum atomic E-state index is 12.4. The lowest BCUT2D eigenvalue weighted by atomic mass is 10.2. The summed E-state index contributed by atoms with van der Waals surface area (Å²) in [4.78, 5) is 33.4. The van der Waals surface area contributed by atoms with Crippen LogP contribution in [0.5, 0.6) is 5.75 Å². The predicted molar refractivity (Wildman–Crippen MR) is 101 cm³/mol. The second-order valence-corrected chi connectivity index (χ2v) is 5.63. The number of nitro groups is 2. The zero-order valence-electron chi connectivity index (χ0n) is 14.6. The lowest BCUT2D eigenvalue weighted by molar-refractivity contribution is -0.419. The number of hydrogen-bond acceptors (Lipinski definition) is 8. The molecule has 1 amide bonds. The molecule has 0 bridgehead atoms. The van der Waals surface area contributed by atoms with Gasteiger partial charge >= 0.3 is 11.6 Å². The number of ether oxygens (including phenoxy) is 1. The summed E-state index contributed by atoms with van der Waals surface area (Å²) in [6.07, 6.45) is 0. The Morgan fingerprint density at radius 3 is 2.36 bits per heavy atom. The van der Waals surface area contributed by atoms with Gasteiger partial charge in [-0.15, -0.1) is 0 Å². The van der Waals surface area contributed by atoms with Gasteiger partial charge in [0.1, 0.15) is 5.75 Å². The molecule has 0 unspecified atom stereocenters. The number of nitrogens with one attached hydrogen (secondary N) is 3. The zero-order valence-corrected chi connectivity index (χ0v) is 14.6. The molecule has 28 heavy (non-hydrogen) atoms. The van der Waals surface area contributed by atoms with Gasteiger partial charge in [0.25, 0.3) is 5.69 Å². The summed E-state index contributed by atoms with van der Waals surface area (Å²) in [7, 11) is 0. The third-order valence-electron chi connectivity index (χ3n) is 3.79. The smallest absolute Gasteiger partial charge is 0.373 e. The molecule has 144 valence electrons. The number of benzene rings is 2. The summed E-state index contributed by atoms with van der Waals surface area (Å²) < 4.78 is 5.30. The maximum absolute atomic E-state index is 12.4. The van der Waals surface area contributed by atoms with Crippen molar-refractivity contribution in [2.75, 3.05) is 22.6 Å². The molecule has 0 spiro atoms. The first kappa shape index (κ1) is 18.6. The molecule has 11 nitrogen and oxygen atoms in total. The van der Waals surface area contributed by atoms with E-state index in [0.717, 1.165) is 0 Å². The number of rotatable bonds is 6. The Labute approximate surface area is 158 Å². The van der Waals surface area contributed by atoms with E-state index in [2.05, 4.69) is 16.0 Å². The average molecular weight is 385 g/mol. The lowest BCUT2D eigenvalue weighted by Gasteiger charge is -2.07. The van der Waals surface area contributed by atoms with E-state index < -0.39 is 21.5 Å². The normalized spacial score (nSPS) is 13.6. The molecule has 1 aliphatic heterocycles. The van der Waals surface area contributed by atoms with Crippen LogP contribution in [0, 0.1) is 20.2 Å². The molecule has 1 heterocycles. The van der Waals surface area contributed by atoms with Gasteiger partial charge in [0.15, 0.2) is 5.82 Å². The van der Waals surface area contributed by atoms with Crippen LogP contribution >= 0.6 is 0 Å². The van der Waals surface area contributed by atoms with Gasteiger partial charge in [-0.05, 0) is 37.3 Å². The number of anilines is 3. The Kier molecular flexibility index (Phi) is 5.07. The first-order valence-corrected chi connectivity index (χ1v) is 8.14. The number of nitrogens with zero attached hydrogens (tertiary/aromatic N) is 2. The van der Waals surface area contributed by atoms with Crippen LogP contribution in [-0.4, -0.2) is 22.4 Å². The van der Waals surface area contributed by atoms with Gasteiger partial charge in [0, 0.05) is 17.8 Å². The van der Waals surface area contributed by atoms with Crippen molar-refractivity contribution >= 4 is 28.7 Å². The fourth-order valence-electron chi connectivity index (χ4n) is 2.56. The maximum Gasteiger partial charge on any atom is 0.373 e. The Bertz CT molecular complexity index is 986. The molecule has 0 fully saturated rings. The van der Waals surface area contributed by atoms with E-state index in [-0.39, 0.29) is 17.2 Å². The molecular formula is C17H15N5O6. The van der Waals surface area contributed by atoms with E-state index in [4.69, 9.17) is 4.74 Å². The third-order valence-corrected chi connectivity index (χ3v) is 3.79. The van der Waals surface area contributed by atoms with Crippen molar-refractivity contribution < 1.29 is 19.4 Å². The zero-order chi connectivity index (χ0) is 20.3. The van der Waals surface area contributed by atoms with Crippen LogP contribution < -0.4 is 20.7 Å². The first-order valence-electron chi connectivity index (χ1n) is 8.14. The largest absolute Gasteiger partial charge is 0.494 e. The van der Waals surface area contributed by atoms with Gasteiger partial charge in [-0.3, -0.25) is 25.0 Å². The molecule has 2 aromatic rings. The molecule has 0 atom stereocenters. The fourth-order valence-corrected chi connectivity index (χ4v) is 2.56. The minimum absolute atomic E-state index is 0.177. The van der Waals surface area contributed by atoms with E-state index >= 15 is 0 Å². The van der Waals surface area contributed by atoms with E-state index in [1.54, 1.807) is 24.3 Å². The second kappa shape index (κ2) is 7.61. The van der Waals surface area contributed by atoms with E-state index in [9.17, 15) is 25.0 Å². The van der Waals surface area contributed by atoms with Crippen molar-refractivity contribution in [1.82, 2.24) is 0 Å². The number of carbonyl (C=O) groups excluding carboxylic acids is 1. The SMILES string of the molecule is CCOc1ccc(NC(=O)/C(=C2\Nc3ccc([N+](=O)[O-])cc3N2)[N+](=O)[O-])cc1. The quantitative estimate of drug-likeness (QED) is 0.390. The van der Waals surface area contributed by atoms with Crippen LogP contribution in [0.25, 0.3) is 0 Å². The number of hydrogen-bond donors (Lipinski definition) is 3. The third kappa shape index (κ3) is 3.82. The minimum atomic E-state index is -0.952. The van der Waals surface area contributed by atoms with Gasteiger partial charge in [0.05, 0.1) is 27.8 Å². The number of non-ortho nitro benzene ring substituents is 1. The van der Waals surface area contributed by atoms with Crippen molar-refractivity contribution in [2.45, 2.75) is 6.92 Å². The van der Waals surface area contributed by atoms with Gasteiger partial charge in [0.2, 0.25) is 0 Å². The molecule has 0 aliphatic carbocycles. The highest BCUT2D eigenvalue weighted by atomic mass is 16.6. The molecule has 0 aromatic heterocycles. The first-order chi connectivity index (χ1) is 13.4. The summed E-state index contributed by atoms with van der Waals surface area (Å²) in [6, 6.07) is 10.2. The Hall–Kier alpha value is -4.15.